The monoisotopic (exact) mass is 360 g/mol. The first-order chi connectivity index (χ1) is 12.5. The smallest absolute Gasteiger partial charge is 0.332 e. The van der Waals surface area contributed by atoms with Crippen molar-refractivity contribution in [2.24, 2.45) is 0 Å². The summed E-state index contributed by atoms with van der Waals surface area (Å²) in [6.07, 6.45) is 1.79. The highest BCUT2D eigenvalue weighted by Gasteiger charge is 2.37. The van der Waals surface area contributed by atoms with Crippen LogP contribution in [-0.4, -0.2) is 50.8 Å². The fourth-order valence-electron chi connectivity index (χ4n) is 2.96. The Balaban J connectivity index is 1.61. The van der Waals surface area contributed by atoms with Crippen molar-refractivity contribution in [2.75, 3.05) is 13.1 Å². The number of aromatic amines is 1. The van der Waals surface area contributed by atoms with E-state index < -0.39 is 29.6 Å². The van der Waals surface area contributed by atoms with E-state index in [9.17, 15) is 23.9 Å². The van der Waals surface area contributed by atoms with E-state index in [4.69, 9.17) is 0 Å². The van der Waals surface area contributed by atoms with Crippen LogP contribution in [0.1, 0.15) is 34.2 Å². The van der Waals surface area contributed by atoms with Crippen molar-refractivity contribution in [3.63, 3.8) is 0 Å². The number of carboxylic acids is 1. The normalized spacial score (nSPS) is 16.0. The molecular formula is C17H17FN4O4. The summed E-state index contributed by atoms with van der Waals surface area (Å²) in [4.78, 5) is 44.1. The lowest BCUT2D eigenvalue weighted by Crippen LogP contribution is -2.44. The van der Waals surface area contributed by atoms with E-state index in [2.05, 4.69) is 15.3 Å². The highest BCUT2D eigenvalue weighted by atomic mass is 19.1. The van der Waals surface area contributed by atoms with Gasteiger partial charge in [-0.05, 0) is 12.1 Å². The summed E-state index contributed by atoms with van der Waals surface area (Å²) in [5.74, 6) is -2.86. The zero-order valence-corrected chi connectivity index (χ0v) is 13.7. The van der Waals surface area contributed by atoms with Crippen molar-refractivity contribution in [3.05, 3.63) is 53.4 Å². The molecule has 2 amide bonds. The van der Waals surface area contributed by atoms with Gasteiger partial charge in [0.1, 0.15) is 5.82 Å². The molecule has 1 aliphatic rings. The molecule has 3 N–H and O–H groups in total. The van der Waals surface area contributed by atoms with Crippen molar-refractivity contribution < 1.29 is 23.9 Å². The molecule has 26 heavy (non-hydrogen) atoms. The lowest BCUT2D eigenvalue weighted by atomic mass is 10.0. The number of carbonyl (C=O) groups excluding carboxylic acids is 2. The number of benzene rings is 1. The van der Waals surface area contributed by atoms with Crippen LogP contribution in [0.25, 0.3) is 0 Å². The van der Waals surface area contributed by atoms with Crippen LogP contribution in [-0.2, 0) is 16.0 Å². The van der Waals surface area contributed by atoms with E-state index in [0.717, 1.165) is 0 Å². The number of hydrogen-bond donors (Lipinski definition) is 3. The van der Waals surface area contributed by atoms with Crippen LogP contribution in [0, 0.1) is 5.82 Å². The Morgan fingerprint density at radius 3 is 2.85 bits per heavy atom. The van der Waals surface area contributed by atoms with Gasteiger partial charge in [-0.15, -0.1) is 0 Å². The number of carbonyl (C=O) groups is 3. The molecule has 0 unspecified atom stereocenters. The fraction of sp³-hybridized carbons (Fsp3) is 0.294. The first-order valence-electron chi connectivity index (χ1n) is 8.06. The van der Waals surface area contributed by atoms with Gasteiger partial charge in [0.15, 0.2) is 6.04 Å². The van der Waals surface area contributed by atoms with Gasteiger partial charge in [-0.1, -0.05) is 12.1 Å². The van der Waals surface area contributed by atoms with Gasteiger partial charge in [0.25, 0.3) is 5.91 Å². The van der Waals surface area contributed by atoms with Crippen LogP contribution in [0.15, 0.2) is 30.6 Å². The number of rotatable bonds is 5. The van der Waals surface area contributed by atoms with Gasteiger partial charge in [-0.25, -0.2) is 14.2 Å². The molecule has 0 fully saturated rings. The molecule has 2 aromatic rings. The molecule has 3 rings (SSSR count). The fourth-order valence-corrected chi connectivity index (χ4v) is 2.96. The average molecular weight is 360 g/mol. The number of carboxylic acid groups (broad SMARTS) is 1. The predicted molar refractivity (Wildman–Crippen MR) is 87.7 cm³/mol. The number of nitrogens with zero attached hydrogens (tertiary/aromatic N) is 2. The summed E-state index contributed by atoms with van der Waals surface area (Å²) < 4.78 is 13.6. The van der Waals surface area contributed by atoms with Gasteiger partial charge in [0, 0.05) is 31.6 Å². The lowest BCUT2D eigenvalue weighted by Gasteiger charge is -2.32. The first-order valence-corrected chi connectivity index (χ1v) is 8.06. The van der Waals surface area contributed by atoms with Crippen LogP contribution in [0.3, 0.4) is 0 Å². The standard InChI is InChI=1S/C17H17FN4O4/c18-11-4-2-1-3-10(11)16(24)19-7-5-13(23)22-8-6-12-14(21-9-20-12)15(22)17(25)26/h1-4,9,15H,5-8H2,(H,19,24)(H,20,21)(H,25,26)/t15-/m1/s1. The molecule has 8 nitrogen and oxygen atoms in total. The van der Waals surface area contributed by atoms with Crippen LogP contribution < -0.4 is 5.32 Å². The summed E-state index contributed by atoms with van der Waals surface area (Å²) in [7, 11) is 0. The lowest BCUT2D eigenvalue weighted by molar-refractivity contribution is -0.151. The van der Waals surface area contributed by atoms with Crippen LogP contribution in [0.2, 0.25) is 0 Å². The molecule has 1 aliphatic heterocycles. The third-order valence-corrected chi connectivity index (χ3v) is 4.22. The molecule has 1 aromatic carbocycles. The number of aliphatic carboxylic acids is 1. The van der Waals surface area contributed by atoms with Gasteiger partial charge < -0.3 is 20.3 Å². The molecule has 0 bridgehead atoms. The molecule has 136 valence electrons. The molecule has 0 saturated carbocycles. The van der Waals surface area contributed by atoms with E-state index >= 15 is 0 Å². The minimum absolute atomic E-state index is 0.0255. The van der Waals surface area contributed by atoms with Crippen LogP contribution >= 0.6 is 0 Å². The van der Waals surface area contributed by atoms with Crippen LogP contribution in [0.5, 0.6) is 0 Å². The molecule has 2 heterocycles. The molecular weight excluding hydrogens is 343 g/mol. The van der Waals surface area contributed by atoms with E-state index in [1.807, 2.05) is 0 Å². The maximum atomic E-state index is 13.6. The Hall–Kier alpha value is -3.23. The number of halogens is 1. The third kappa shape index (κ3) is 3.41. The second kappa shape index (κ2) is 7.34. The number of aromatic nitrogens is 2. The summed E-state index contributed by atoms with van der Waals surface area (Å²) in [5.41, 5.74) is 0.921. The highest BCUT2D eigenvalue weighted by Crippen LogP contribution is 2.27. The summed E-state index contributed by atoms with van der Waals surface area (Å²) in [6, 6.07) is 4.38. The number of fused-ring (bicyclic) bond motifs is 1. The second-order valence-electron chi connectivity index (χ2n) is 5.83. The van der Waals surface area contributed by atoms with Gasteiger partial charge in [-0.2, -0.15) is 0 Å². The van der Waals surface area contributed by atoms with E-state index in [1.54, 1.807) is 0 Å². The number of imidazole rings is 1. The summed E-state index contributed by atoms with van der Waals surface area (Å²) in [5, 5.41) is 11.9. The predicted octanol–water partition coefficient (Wildman–Crippen LogP) is 0.879. The van der Waals surface area contributed by atoms with Crippen molar-refractivity contribution in [3.8, 4) is 0 Å². The number of amides is 2. The summed E-state index contributed by atoms with van der Waals surface area (Å²) in [6.45, 7) is 0.217. The molecule has 0 aliphatic carbocycles. The zero-order chi connectivity index (χ0) is 18.7. The molecule has 0 spiro atoms. The first kappa shape index (κ1) is 17.6. The van der Waals surface area contributed by atoms with Crippen molar-refractivity contribution in [1.29, 1.82) is 0 Å². The Kier molecular flexibility index (Phi) is 4.97. The van der Waals surface area contributed by atoms with Gasteiger partial charge >= 0.3 is 5.97 Å². The third-order valence-electron chi connectivity index (χ3n) is 4.22. The Labute approximate surface area is 148 Å². The molecule has 9 heteroatoms. The molecule has 0 saturated heterocycles. The number of nitrogens with one attached hydrogen (secondary N) is 2. The van der Waals surface area contributed by atoms with Crippen molar-refractivity contribution in [1.82, 2.24) is 20.2 Å². The zero-order valence-electron chi connectivity index (χ0n) is 13.7. The van der Waals surface area contributed by atoms with Crippen LogP contribution in [0.4, 0.5) is 4.39 Å². The average Bonchev–Trinajstić information content (AvgIpc) is 3.09. The topological polar surface area (TPSA) is 115 Å². The molecule has 0 radical (unpaired) electrons. The second-order valence-corrected chi connectivity index (χ2v) is 5.83. The van der Waals surface area contributed by atoms with E-state index in [1.165, 1.54) is 35.5 Å². The maximum absolute atomic E-state index is 13.6. The SMILES string of the molecule is O=C(NCCC(=O)N1CCc2[nH]cnc2[C@@H]1C(=O)O)c1ccccc1F. The Morgan fingerprint density at radius 2 is 2.12 bits per heavy atom. The van der Waals surface area contributed by atoms with Gasteiger partial charge in [0.05, 0.1) is 17.6 Å². The highest BCUT2D eigenvalue weighted by molar-refractivity contribution is 5.94. The Bertz CT molecular complexity index is 851. The van der Waals surface area contributed by atoms with E-state index in [0.29, 0.717) is 17.8 Å². The summed E-state index contributed by atoms with van der Waals surface area (Å²) >= 11 is 0. The van der Waals surface area contributed by atoms with Gasteiger partial charge in [0.2, 0.25) is 5.91 Å². The van der Waals surface area contributed by atoms with Crippen molar-refractivity contribution in [2.45, 2.75) is 18.9 Å². The number of H-pyrrole nitrogens is 1. The Morgan fingerprint density at radius 1 is 1.35 bits per heavy atom. The van der Waals surface area contributed by atoms with Crippen molar-refractivity contribution >= 4 is 17.8 Å². The van der Waals surface area contributed by atoms with E-state index in [-0.39, 0.29) is 25.1 Å². The van der Waals surface area contributed by atoms with Gasteiger partial charge in [-0.3, -0.25) is 9.59 Å². The largest absolute Gasteiger partial charge is 0.479 e. The minimum atomic E-state index is -1.17. The minimum Gasteiger partial charge on any atom is -0.479 e. The maximum Gasteiger partial charge on any atom is 0.332 e. The molecule has 1 atom stereocenters. The quantitative estimate of drug-likeness (QED) is 0.732. The molecule has 1 aromatic heterocycles. The number of hydrogen-bond acceptors (Lipinski definition) is 4.